The van der Waals surface area contributed by atoms with Crippen molar-refractivity contribution in [1.29, 1.82) is 0 Å². The number of hydrogen-bond donors (Lipinski definition) is 2. The smallest absolute Gasteiger partial charge is 0.135 e. The molecule has 0 aliphatic carbocycles. The van der Waals surface area contributed by atoms with Crippen molar-refractivity contribution >= 4 is 15.9 Å². The van der Waals surface area contributed by atoms with Crippen LogP contribution in [-0.2, 0) is 0 Å². The zero-order valence-corrected chi connectivity index (χ0v) is 8.59. The van der Waals surface area contributed by atoms with Crippen molar-refractivity contribution in [3.63, 3.8) is 0 Å². The van der Waals surface area contributed by atoms with E-state index in [1.165, 1.54) is 0 Å². The predicted octanol–water partition coefficient (Wildman–Crippen LogP) is 2.52. The van der Waals surface area contributed by atoms with E-state index >= 15 is 0 Å². The second-order valence-corrected chi connectivity index (χ2v) is 3.66. The fraction of sp³-hybridized carbons (Fsp3) is 0.333. The SMILES string of the molecule is Cc1ccc(Br)c(O)c1C(C)O. The van der Waals surface area contributed by atoms with E-state index in [1.807, 2.05) is 13.0 Å². The van der Waals surface area contributed by atoms with Gasteiger partial charge in [0, 0.05) is 5.56 Å². The van der Waals surface area contributed by atoms with Crippen molar-refractivity contribution in [3.05, 3.63) is 27.7 Å². The Kier molecular flexibility index (Phi) is 2.75. The van der Waals surface area contributed by atoms with Crippen molar-refractivity contribution in [1.82, 2.24) is 0 Å². The van der Waals surface area contributed by atoms with Crippen LogP contribution >= 0.6 is 15.9 Å². The number of aliphatic hydroxyl groups excluding tert-OH is 1. The van der Waals surface area contributed by atoms with Gasteiger partial charge in [-0.05, 0) is 41.4 Å². The summed E-state index contributed by atoms with van der Waals surface area (Å²) in [5.41, 5.74) is 1.48. The van der Waals surface area contributed by atoms with Gasteiger partial charge >= 0.3 is 0 Å². The van der Waals surface area contributed by atoms with Gasteiger partial charge in [0.25, 0.3) is 0 Å². The number of phenols is 1. The number of rotatable bonds is 1. The molecule has 0 saturated heterocycles. The molecule has 12 heavy (non-hydrogen) atoms. The van der Waals surface area contributed by atoms with E-state index in [4.69, 9.17) is 0 Å². The molecule has 0 spiro atoms. The lowest BCUT2D eigenvalue weighted by Crippen LogP contribution is -1.95. The van der Waals surface area contributed by atoms with Crippen LogP contribution in [-0.4, -0.2) is 10.2 Å². The van der Waals surface area contributed by atoms with Gasteiger partial charge in [-0.15, -0.1) is 0 Å². The molecule has 2 N–H and O–H groups in total. The lowest BCUT2D eigenvalue weighted by atomic mass is 10.0. The van der Waals surface area contributed by atoms with Crippen LogP contribution in [0.2, 0.25) is 0 Å². The largest absolute Gasteiger partial charge is 0.506 e. The van der Waals surface area contributed by atoms with Crippen molar-refractivity contribution in [2.24, 2.45) is 0 Å². The maximum Gasteiger partial charge on any atom is 0.135 e. The quantitative estimate of drug-likeness (QED) is 0.779. The average molecular weight is 231 g/mol. The highest BCUT2D eigenvalue weighted by molar-refractivity contribution is 9.10. The third kappa shape index (κ3) is 1.62. The molecule has 0 fully saturated rings. The van der Waals surface area contributed by atoms with Crippen LogP contribution in [0, 0.1) is 6.92 Å². The Balaban J connectivity index is 3.33. The van der Waals surface area contributed by atoms with E-state index in [0.29, 0.717) is 10.0 Å². The molecular formula is C9H11BrO2. The molecule has 0 bridgehead atoms. The number of aliphatic hydroxyl groups is 1. The van der Waals surface area contributed by atoms with E-state index in [-0.39, 0.29) is 5.75 Å². The topological polar surface area (TPSA) is 40.5 Å². The molecule has 2 nitrogen and oxygen atoms in total. The van der Waals surface area contributed by atoms with E-state index in [1.54, 1.807) is 13.0 Å². The summed E-state index contributed by atoms with van der Waals surface area (Å²) in [7, 11) is 0. The standard InChI is InChI=1S/C9H11BrO2/c1-5-3-4-7(10)9(12)8(5)6(2)11/h3-4,6,11-12H,1-2H3. The summed E-state index contributed by atoms with van der Waals surface area (Å²) < 4.78 is 0.615. The van der Waals surface area contributed by atoms with Crippen LogP contribution in [0.4, 0.5) is 0 Å². The molecule has 0 aromatic heterocycles. The Labute approximate surface area is 80.0 Å². The molecule has 1 atom stereocenters. The maximum atomic E-state index is 9.54. The van der Waals surface area contributed by atoms with E-state index < -0.39 is 6.10 Å². The van der Waals surface area contributed by atoms with Gasteiger partial charge in [0.1, 0.15) is 5.75 Å². The van der Waals surface area contributed by atoms with Gasteiger partial charge < -0.3 is 10.2 Å². The first-order valence-electron chi connectivity index (χ1n) is 3.70. The first kappa shape index (κ1) is 9.55. The number of phenolic OH excluding ortho intramolecular Hbond substituents is 1. The van der Waals surface area contributed by atoms with Crippen molar-refractivity contribution in [2.45, 2.75) is 20.0 Å². The molecule has 1 aromatic carbocycles. The summed E-state index contributed by atoms with van der Waals surface area (Å²) in [4.78, 5) is 0. The molecule has 0 radical (unpaired) electrons. The minimum Gasteiger partial charge on any atom is -0.506 e. The van der Waals surface area contributed by atoms with Crippen molar-refractivity contribution < 1.29 is 10.2 Å². The molecule has 1 aromatic rings. The highest BCUT2D eigenvalue weighted by atomic mass is 79.9. The van der Waals surface area contributed by atoms with Crippen LogP contribution in [0.25, 0.3) is 0 Å². The molecule has 3 heteroatoms. The Morgan fingerprint density at radius 3 is 2.42 bits per heavy atom. The Bertz CT molecular complexity index is 295. The summed E-state index contributed by atoms with van der Waals surface area (Å²) in [5, 5.41) is 18.9. The normalized spacial score (nSPS) is 13.0. The molecule has 0 aliphatic rings. The van der Waals surface area contributed by atoms with Crippen LogP contribution in [0.3, 0.4) is 0 Å². The second-order valence-electron chi connectivity index (χ2n) is 2.80. The van der Waals surface area contributed by atoms with E-state index in [0.717, 1.165) is 5.56 Å². The van der Waals surface area contributed by atoms with Crippen LogP contribution in [0.5, 0.6) is 5.75 Å². The fourth-order valence-electron chi connectivity index (χ4n) is 1.21. The van der Waals surface area contributed by atoms with Gasteiger partial charge in [-0.1, -0.05) is 6.07 Å². The zero-order valence-electron chi connectivity index (χ0n) is 7.00. The molecule has 66 valence electrons. The van der Waals surface area contributed by atoms with E-state index in [9.17, 15) is 10.2 Å². The Morgan fingerprint density at radius 1 is 1.42 bits per heavy atom. The van der Waals surface area contributed by atoms with Gasteiger partial charge in [0.15, 0.2) is 0 Å². The minimum atomic E-state index is -0.637. The summed E-state index contributed by atoms with van der Waals surface area (Å²) in [6.45, 7) is 3.49. The Hall–Kier alpha value is -0.540. The van der Waals surface area contributed by atoms with Crippen LogP contribution < -0.4 is 0 Å². The summed E-state index contributed by atoms with van der Waals surface area (Å²) in [6.07, 6.45) is -0.637. The molecule has 1 rings (SSSR count). The summed E-state index contributed by atoms with van der Waals surface area (Å²) >= 11 is 3.19. The van der Waals surface area contributed by atoms with Gasteiger partial charge in [-0.2, -0.15) is 0 Å². The molecule has 0 saturated carbocycles. The first-order valence-corrected chi connectivity index (χ1v) is 4.49. The number of benzene rings is 1. The van der Waals surface area contributed by atoms with Crippen molar-refractivity contribution in [3.8, 4) is 5.75 Å². The number of aromatic hydroxyl groups is 1. The molecule has 0 heterocycles. The Morgan fingerprint density at radius 2 is 2.00 bits per heavy atom. The molecule has 0 amide bonds. The molecule has 0 aliphatic heterocycles. The number of halogens is 1. The van der Waals surface area contributed by atoms with Crippen LogP contribution in [0.15, 0.2) is 16.6 Å². The molecular weight excluding hydrogens is 220 g/mol. The summed E-state index contributed by atoms with van der Waals surface area (Å²) in [5.74, 6) is 0.130. The van der Waals surface area contributed by atoms with Gasteiger partial charge in [-0.3, -0.25) is 0 Å². The highest BCUT2D eigenvalue weighted by Gasteiger charge is 2.12. The second kappa shape index (κ2) is 3.46. The maximum absolute atomic E-state index is 9.54. The minimum absolute atomic E-state index is 0.130. The molecule has 1 unspecified atom stereocenters. The monoisotopic (exact) mass is 230 g/mol. The van der Waals surface area contributed by atoms with Gasteiger partial charge in [0.2, 0.25) is 0 Å². The third-order valence-corrected chi connectivity index (χ3v) is 2.44. The highest BCUT2D eigenvalue weighted by Crippen LogP contribution is 2.33. The average Bonchev–Trinajstić information content (AvgIpc) is 1.97. The van der Waals surface area contributed by atoms with Crippen LogP contribution in [0.1, 0.15) is 24.2 Å². The van der Waals surface area contributed by atoms with Crippen molar-refractivity contribution in [2.75, 3.05) is 0 Å². The summed E-state index contributed by atoms with van der Waals surface area (Å²) in [6, 6.07) is 3.61. The lowest BCUT2D eigenvalue weighted by Gasteiger charge is -2.11. The lowest BCUT2D eigenvalue weighted by molar-refractivity contribution is 0.194. The number of aryl methyl sites for hydroxylation is 1. The predicted molar refractivity (Wildman–Crippen MR) is 51.2 cm³/mol. The number of hydrogen-bond acceptors (Lipinski definition) is 2. The fourth-order valence-corrected chi connectivity index (χ4v) is 1.56. The third-order valence-electron chi connectivity index (χ3n) is 1.80. The van der Waals surface area contributed by atoms with Gasteiger partial charge in [-0.25, -0.2) is 0 Å². The van der Waals surface area contributed by atoms with E-state index in [2.05, 4.69) is 15.9 Å². The first-order chi connectivity index (χ1) is 5.54. The zero-order chi connectivity index (χ0) is 9.30. The van der Waals surface area contributed by atoms with Gasteiger partial charge in [0.05, 0.1) is 10.6 Å².